The molecule has 0 fully saturated rings. The van der Waals surface area contributed by atoms with Gasteiger partial charge in [-0.15, -0.1) is 11.3 Å². The number of aryl methyl sites for hydroxylation is 1. The molecule has 2 rings (SSSR count). The highest BCUT2D eigenvalue weighted by molar-refractivity contribution is 7.09. The van der Waals surface area contributed by atoms with Crippen molar-refractivity contribution in [3.8, 4) is 0 Å². The van der Waals surface area contributed by atoms with Gasteiger partial charge in [-0.3, -0.25) is 13.9 Å². The van der Waals surface area contributed by atoms with Gasteiger partial charge in [0.1, 0.15) is 5.01 Å². The Bertz CT molecular complexity index is 671. The van der Waals surface area contributed by atoms with E-state index >= 15 is 0 Å². The van der Waals surface area contributed by atoms with Gasteiger partial charge in [0.25, 0.3) is 5.56 Å². The number of hydrogen-bond donors (Lipinski definition) is 1. The Morgan fingerprint density at radius 2 is 2.21 bits per heavy atom. The summed E-state index contributed by atoms with van der Waals surface area (Å²) in [6.07, 6.45) is 2.12. The van der Waals surface area contributed by atoms with Crippen molar-refractivity contribution >= 4 is 11.3 Å². The van der Waals surface area contributed by atoms with E-state index in [4.69, 9.17) is 5.73 Å². The van der Waals surface area contributed by atoms with Crippen LogP contribution in [0.4, 0.5) is 0 Å². The van der Waals surface area contributed by atoms with Crippen LogP contribution in [0.1, 0.15) is 17.1 Å². The van der Waals surface area contributed by atoms with Crippen LogP contribution in [0.25, 0.3) is 0 Å². The van der Waals surface area contributed by atoms with Gasteiger partial charge in [0, 0.05) is 29.9 Å². The Labute approximate surface area is 114 Å². The monoisotopic (exact) mass is 280 g/mol. The first-order valence-corrected chi connectivity index (χ1v) is 6.91. The van der Waals surface area contributed by atoms with Crippen LogP contribution in [-0.2, 0) is 13.1 Å². The number of hydrogen-bond acceptors (Lipinski definition) is 5. The van der Waals surface area contributed by atoms with E-state index < -0.39 is 0 Å². The summed E-state index contributed by atoms with van der Waals surface area (Å²) >= 11 is 1.50. The largest absolute Gasteiger partial charge is 0.331 e. The van der Waals surface area contributed by atoms with E-state index in [1.165, 1.54) is 32.7 Å². The second-order valence-corrected chi connectivity index (χ2v) is 5.18. The average molecular weight is 280 g/mol. The van der Waals surface area contributed by atoms with Gasteiger partial charge >= 0.3 is 5.69 Å². The van der Waals surface area contributed by atoms with Gasteiger partial charge in [-0.2, -0.15) is 0 Å². The maximum atomic E-state index is 12.2. The summed E-state index contributed by atoms with van der Waals surface area (Å²) in [6.45, 7) is 3.10. The second kappa shape index (κ2) is 5.94. The molecule has 0 saturated carbocycles. The Kier molecular flexibility index (Phi) is 4.28. The number of nitrogens with two attached hydrogens (primary N) is 1. The van der Waals surface area contributed by atoms with Crippen molar-refractivity contribution in [3.63, 3.8) is 0 Å². The summed E-state index contributed by atoms with van der Waals surface area (Å²) in [4.78, 5) is 28.1. The standard InChI is InChI=1S/C12H16N4O2S/c1-9-8-19-10(14-9)7-15-6-3-11(17)16(12(15)18)5-2-4-13/h3,6,8H,2,4-5,7,13H2,1H3. The van der Waals surface area contributed by atoms with E-state index in [-0.39, 0.29) is 11.2 Å². The highest BCUT2D eigenvalue weighted by atomic mass is 32.1. The number of nitrogens with zero attached hydrogens (tertiary/aromatic N) is 3. The zero-order valence-electron chi connectivity index (χ0n) is 10.7. The molecule has 0 radical (unpaired) electrons. The molecule has 2 aromatic heterocycles. The molecule has 6 nitrogen and oxygen atoms in total. The molecule has 2 aromatic rings. The van der Waals surface area contributed by atoms with E-state index in [9.17, 15) is 9.59 Å². The van der Waals surface area contributed by atoms with Crippen LogP contribution in [0.5, 0.6) is 0 Å². The molecular weight excluding hydrogens is 264 g/mol. The van der Waals surface area contributed by atoms with Gasteiger partial charge in [-0.1, -0.05) is 0 Å². The molecule has 102 valence electrons. The van der Waals surface area contributed by atoms with Gasteiger partial charge in [0.15, 0.2) is 0 Å². The van der Waals surface area contributed by atoms with Crippen LogP contribution in [-0.4, -0.2) is 20.7 Å². The van der Waals surface area contributed by atoms with Crippen LogP contribution in [0.15, 0.2) is 27.2 Å². The van der Waals surface area contributed by atoms with Crippen LogP contribution in [0.2, 0.25) is 0 Å². The maximum absolute atomic E-state index is 12.2. The van der Waals surface area contributed by atoms with Crippen molar-refractivity contribution in [2.75, 3.05) is 6.54 Å². The molecule has 0 unspecified atom stereocenters. The van der Waals surface area contributed by atoms with Gasteiger partial charge < -0.3 is 5.73 Å². The van der Waals surface area contributed by atoms with Crippen molar-refractivity contribution < 1.29 is 0 Å². The topological polar surface area (TPSA) is 82.9 Å². The zero-order chi connectivity index (χ0) is 13.8. The third-order valence-electron chi connectivity index (χ3n) is 2.70. The zero-order valence-corrected chi connectivity index (χ0v) is 11.5. The van der Waals surface area contributed by atoms with E-state index in [0.717, 1.165) is 10.7 Å². The maximum Gasteiger partial charge on any atom is 0.331 e. The molecule has 0 atom stereocenters. The summed E-state index contributed by atoms with van der Waals surface area (Å²) in [5, 5.41) is 2.79. The van der Waals surface area contributed by atoms with Crippen LogP contribution >= 0.6 is 11.3 Å². The average Bonchev–Trinajstić information content (AvgIpc) is 2.78. The Balaban J connectivity index is 2.31. The Morgan fingerprint density at radius 1 is 1.42 bits per heavy atom. The van der Waals surface area contributed by atoms with Crippen LogP contribution < -0.4 is 17.0 Å². The molecule has 2 heterocycles. The smallest absolute Gasteiger partial charge is 0.330 e. The number of aromatic nitrogens is 3. The number of rotatable bonds is 5. The lowest BCUT2D eigenvalue weighted by Crippen LogP contribution is -2.39. The summed E-state index contributed by atoms with van der Waals surface area (Å²) in [6, 6.07) is 1.40. The highest BCUT2D eigenvalue weighted by Gasteiger charge is 2.07. The summed E-state index contributed by atoms with van der Waals surface area (Å²) in [5.41, 5.74) is 5.74. The first-order valence-electron chi connectivity index (χ1n) is 6.03. The first kappa shape index (κ1) is 13.7. The van der Waals surface area contributed by atoms with E-state index in [2.05, 4.69) is 4.98 Å². The highest BCUT2D eigenvalue weighted by Crippen LogP contribution is 2.09. The van der Waals surface area contributed by atoms with Crippen molar-refractivity contribution in [1.82, 2.24) is 14.1 Å². The predicted octanol–water partition coefficient (Wildman–Crippen LogP) is 0.172. The molecule has 0 aromatic carbocycles. The molecule has 0 aliphatic heterocycles. The van der Waals surface area contributed by atoms with Crippen molar-refractivity contribution in [2.45, 2.75) is 26.4 Å². The molecular formula is C12H16N4O2S. The lowest BCUT2D eigenvalue weighted by Gasteiger charge is -2.08. The van der Waals surface area contributed by atoms with Crippen molar-refractivity contribution in [2.24, 2.45) is 5.73 Å². The number of thiazole rings is 1. The molecule has 0 bridgehead atoms. The van der Waals surface area contributed by atoms with Crippen molar-refractivity contribution in [3.05, 3.63) is 49.2 Å². The molecule has 7 heteroatoms. The SMILES string of the molecule is Cc1csc(Cn2ccc(=O)n(CCCN)c2=O)n1. The van der Waals surface area contributed by atoms with Crippen molar-refractivity contribution in [1.29, 1.82) is 0 Å². The third kappa shape index (κ3) is 3.18. The summed E-state index contributed by atoms with van der Waals surface area (Å²) in [7, 11) is 0. The fraction of sp³-hybridized carbons (Fsp3) is 0.417. The second-order valence-electron chi connectivity index (χ2n) is 4.24. The van der Waals surface area contributed by atoms with Gasteiger partial charge in [-0.05, 0) is 19.9 Å². The minimum absolute atomic E-state index is 0.287. The van der Waals surface area contributed by atoms with Crippen LogP contribution in [0.3, 0.4) is 0 Å². The van der Waals surface area contributed by atoms with Gasteiger partial charge in [-0.25, -0.2) is 9.78 Å². The molecule has 19 heavy (non-hydrogen) atoms. The lowest BCUT2D eigenvalue weighted by atomic mass is 10.4. The molecule has 0 aliphatic rings. The fourth-order valence-electron chi connectivity index (χ4n) is 1.75. The molecule has 2 N–H and O–H groups in total. The molecule has 0 spiro atoms. The fourth-order valence-corrected chi connectivity index (χ4v) is 2.52. The predicted molar refractivity (Wildman–Crippen MR) is 74.6 cm³/mol. The Morgan fingerprint density at radius 3 is 2.84 bits per heavy atom. The van der Waals surface area contributed by atoms with E-state index in [1.807, 2.05) is 12.3 Å². The summed E-state index contributed by atoms with van der Waals surface area (Å²) in [5.74, 6) is 0. The molecule has 0 amide bonds. The minimum Gasteiger partial charge on any atom is -0.330 e. The normalized spacial score (nSPS) is 10.8. The third-order valence-corrected chi connectivity index (χ3v) is 3.65. The molecule has 0 saturated heterocycles. The van der Waals surface area contributed by atoms with E-state index in [1.54, 1.807) is 0 Å². The van der Waals surface area contributed by atoms with E-state index in [0.29, 0.717) is 26.1 Å². The quantitative estimate of drug-likeness (QED) is 0.846. The Hall–Kier alpha value is -1.73. The van der Waals surface area contributed by atoms with Crippen LogP contribution in [0, 0.1) is 6.92 Å². The molecule has 0 aliphatic carbocycles. The van der Waals surface area contributed by atoms with Gasteiger partial charge in [0.05, 0.1) is 6.54 Å². The summed E-state index contributed by atoms with van der Waals surface area (Å²) < 4.78 is 2.71. The lowest BCUT2D eigenvalue weighted by molar-refractivity contribution is 0.554. The van der Waals surface area contributed by atoms with Gasteiger partial charge in [0.2, 0.25) is 0 Å². The first-order chi connectivity index (χ1) is 9.11. The minimum atomic E-state index is -0.311.